The van der Waals surface area contributed by atoms with E-state index in [1.54, 1.807) is 0 Å². The molecule has 1 atom stereocenters. The molecule has 6 heteroatoms. The van der Waals surface area contributed by atoms with Crippen LogP contribution < -0.4 is 0 Å². The molecule has 1 unspecified atom stereocenters. The second-order valence-electron chi connectivity index (χ2n) is 3.36. The van der Waals surface area contributed by atoms with Crippen molar-refractivity contribution in [3.05, 3.63) is 53.8 Å². The molecule has 0 bridgehead atoms. The van der Waals surface area contributed by atoms with E-state index in [-0.39, 0.29) is 5.02 Å². The van der Waals surface area contributed by atoms with E-state index in [1.165, 1.54) is 29.5 Å². The largest absolute Gasteiger partial charge is 0.384 e. The zero-order valence-electron chi connectivity index (χ0n) is 8.25. The topological polar surface area (TPSA) is 20.2 Å². The second kappa shape index (κ2) is 5.36. The Bertz CT molecular complexity index is 558. The zero-order valence-corrected chi connectivity index (χ0v) is 13.0. The molecule has 1 aromatic carbocycles. The van der Waals surface area contributed by atoms with Crippen LogP contribution in [0.2, 0.25) is 5.02 Å². The summed E-state index contributed by atoms with van der Waals surface area (Å²) in [5.74, 6) is -0.492. The number of halogens is 4. The first kappa shape index (κ1) is 13.5. The van der Waals surface area contributed by atoms with Crippen LogP contribution in [0, 0.1) is 5.82 Å². The minimum Gasteiger partial charge on any atom is -0.384 e. The van der Waals surface area contributed by atoms with Crippen molar-refractivity contribution in [1.29, 1.82) is 0 Å². The van der Waals surface area contributed by atoms with Gasteiger partial charge in [0.05, 0.1) is 12.6 Å². The van der Waals surface area contributed by atoms with Crippen LogP contribution >= 0.6 is 54.8 Å². The Morgan fingerprint density at radius 1 is 1.29 bits per heavy atom. The highest BCUT2D eigenvalue weighted by atomic mass is 79.9. The van der Waals surface area contributed by atoms with Crippen LogP contribution in [0.4, 0.5) is 4.39 Å². The number of aliphatic hydroxyl groups excluding tert-OH is 1. The van der Waals surface area contributed by atoms with Gasteiger partial charge in [0, 0.05) is 5.56 Å². The fourth-order valence-electron chi connectivity index (χ4n) is 1.40. The van der Waals surface area contributed by atoms with Crippen LogP contribution in [0.1, 0.15) is 17.2 Å². The van der Waals surface area contributed by atoms with Gasteiger partial charge in [0.1, 0.15) is 11.9 Å². The van der Waals surface area contributed by atoms with Gasteiger partial charge in [-0.05, 0) is 55.6 Å². The third-order valence-electron chi connectivity index (χ3n) is 2.24. The number of benzene rings is 1. The van der Waals surface area contributed by atoms with E-state index in [0.29, 0.717) is 5.56 Å². The minimum absolute atomic E-state index is 0.00645. The molecule has 0 aliphatic rings. The lowest BCUT2D eigenvalue weighted by Gasteiger charge is -2.10. The molecule has 0 radical (unpaired) electrons. The molecule has 0 amide bonds. The maximum absolute atomic E-state index is 13.0. The smallest absolute Gasteiger partial charge is 0.141 e. The van der Waals surface area contributed by atoms with E-state index in [1.807, 2.05) is 6.07 Å². The zero-order chi connectivity index (χ0) is 12.6. The number of hydrogen-bond donors (Lipinski definition) is 1. The van der Waals surface area contributed by atoms with Crippen LogP contribution in [-0.4, -0.2) is 5.11 Å². The van der Waals surface area contributed by atoms with Gasteiger partial charge in [0.15, 0.2) is 0 Å². The second-order valence-corrected chi connectivity index (χ2v) is 7.51. The highest BCUT2D eigenvalue weighted by Gasteiger charge is 2.17. The summed E-state index contributed by atoms with van der Waals surface area (Å²) in [5.41, 5.74) is 1.28. The van der Waals surface area contributed by atoms with Crippen molar-refractivity contribution < 1.29 is 9.50 Å². The molecule has 2 rings (SSSR count). The summed E-state index contributed by atoms with van der Waals surface area (Å²) in [7, 11) is 0. The maximum Gasteiger partial charge on any atom is 0.141 e. The van der Waals surface area contributed by atoms with Crippen molar-refractivity contribution >= 4 is 54.8 Å². The Balaban J connectivity index is 2.40. The van der Waals surface area contributed by atoms with Crippen LogP contribution in [-0.2, 0) is 0 Å². The molecule has 90 valence electrons. The minimum atomic E-state index is -0.829. The van der Waals surface area contributed by atoms with Gasteiger partial charge in [-0.15, -0.1) is 11.3 Å². The summed E-state index contributed by atoms with van der Waals surface area (Å²) in [6, 6.07) is 6.01. The molecule has 0 saturated heterocycles. The van der Waals surface area contributed by atoms with E-state index in [9.17, 15) is 9.50 Å². The Morgan fingerprint density at radius 3 is 2.53 bits per heavy atom. The van der Waals surface area contributed by atoms with Crippen LogP contribution in [0.25, 0.3) is 0 Å². The number of hydrogen-bond acceptors (Lipinski definition) is 2. The van der Waals surface area contributed by atoms with Gasteiger partial charge in [-0.25, -0.2) is 4.39 Å². The van der Waals surface area contributed by atoms with Crippen molar-refractivity contribution in [2.75, 3.05) is 0 Å². The summed E-state index contributed by atoms with van der Waals surface area (Å²) in [4.78, 5) is 0. The monoisotopic (exact) mass is 398 g/mol. The lowest BCUT2D eigenvalue weighted by atomic mass is 10.0. The lowest BCUT2D eigenvalue weighted by molar-refractivity contribution is 0.220. The molecule has 1 N–H and O–H groups in total. The maximum atomic E-state index is 13.0. The summed E-state index contributed by atoms with van der Waals surface area (Å²) >= 11 is 13.9. The Labute approximate surface area is 123 Å². The Kier molecular flexibility index (Phi) is 4.26. The summed E-state index contributed by atoms with van der Waals surface area (Å²) in [6.07, 6.45) is -0.829. The van der Waals surface area contributed by atoms with E-state index in [0.717, 1.165) is 13.1 Å². The van der Waals surface area contributed by atoms with Gasteiger partial charge in [0.25, 0.3) is 0 Å². The van der Waals surface area contributed by atoms with Crippen molar-refractivity contribution in [2.24, 2.45) is 0 Å². The molecule has 0 spiro atoms. The predicted octanol–water partition coefficient (Wildman–Crippen LogP) is 5.15. The molecule has 0 fully saturated rings. The number of rotatable bonds is 2. The van der Waals surface area contributed by atoms with Gasteiger partial charge < -0.3 is 5.11 Å². The normalized spacial score (nSPS) is 12.8. The van der Waals surface area contributed by atoms with E-state index in [4.69, 9.17) is 11.6 Å². The third-order valence-corrected chi connectivity index (χ3v) is 4.91. The molecule has 0 saturated carbocycles. The first-order valence-electron chi connectivity index (χ1n) is 4.57. The van der Waals surface area contributed by atoms with Crippen LogP contribution in [0.15, 0.2) is 31.8 Å². The fourth-order valence-corrected chi connectivity index (χ4v) is 4.47. The van der Waals surface area contributed by atoms with Crippen molar-refractivity contribution in [2.45, 2.75) is 6.10 Å². The van der Waals surface area contributed by atoms with Gasteiger partial charge in [-0.2, -0.15) is 0 Å². The highest BCUT2D eigenvalue weighted by Crippen LogP contribution is 2.38. The molecular weight excluding hydrogens is 394 g/mol. The summed E-state index contributed by atoms with van der Waals surface area (Å²) in [5, 5.41) is 10.2. The fraction of sp³-hybridized carbons (Fsp3) is 0.0909. The van der Waals surface area contributed by atoms with Crippen molar-refractivity contribution in [3.63, 3.8) is 0 Å². The average Bonchev–Trinajstić information content (AvgIpc) is 2.61. The van der Waals surface area contributed by atoms with Crippen molar-refractivity contribution in [3.8, 4) is 0 Å². The number of aliphatic hydroxyl groups is 1. The molecule has 2 aromatic rings. The molecule has 0 aliphatic heterocycles. The Morgan fingerprint density at radius 2 is 2.00 bits per heavy atom. The quantitative estimate of drug-likeness (QED) is 0.739. The molecule has 0 aliphatic carbocycles. The van der Waals surface area contributed by atoms with Gasteiger partial charge in [-0.1, -0.05) is 17.7 Å². The molecular formula is C11H6Br2ClFOS. The van der Waals surface area contributed by atoms with Gasteiger partial charge in [0.2, 0.25) is 0 Å². The molecule has 1 nitrogen and oxygen atoms in total. The first-order chi connectivity index (χ1) is 7.99. The Hall–Kier alpha value is 0.0600. The predicted molar refractivity (Wildman–Crippen MR) is 75.2 cm³/mol. The van der Waals surface area contributed by atoms with Crippen LogP contribution in [0.3, 0.4) is 0 Å². The van der Waals surface area contributed by atoms with E-state index in [2.05, 4.69) is 31.9 Å². The highest BCUT2D eigenvalue weighted by molar-refractivity contribution is 9.12. The standard InChI is InChI=1S/C11H6Br2ClFOS/c12-9-4-6(11(13)17-9)10(16)5-1-2-8(15)7(14)3-5/h1-4,10,16H. The van der Waals surface area contributed by atoms with Crippen LogP contribution in [0.5, 0.6) is 0 Å². The lowest BCUT2D eigenvalue weighted by Crippen LogP contribution is -1.99. The van der Waals surface area contributed by atoms with Gasteiger partial charge >= 0.3 is 0 Å². The van der Waals surface area contributed by atoms with E-state index < -0.39 is 11.9 Å². The molecule has 1 aromatic heterocycles. The van der Waals surface area contributed by atoms with Gasteiger partial charge in [-0.3, -0.25) is 0 Å². The molecule has 17 heavy (non-hydrogen) atoms. The van der Waals surface area contributed by atoms with E-state index >= 15 is 0 Å². The summed E-state index contributed by atoms with van der Waals surface area (Å²) in [6.45, 7) is 0. The molecule has 1 heterocycles. The number of thiophene rings is 1. The first-order valence-corrected chi connectivity index (χ1v) is 7.35. The van der Waals surface area contributed by atoms with Crippen molar-refractivity contribution in [1.82, 2.24) is 0 Å². The average molecular weight is 400 g/mol. The SMILES string of the molecule is OC(c1ccc(F)c(Cl)c1)c1cc(Br)sc1Br. The summed E-state index contributed by atoms with van der Waals surface area (Å²) < 4.78 is 14.8. The third kappa shape index (κ3) is 2.90.